The molecule has 0 spiro atoms. The van der Waals surface area contributed by atoms with Crippen LogP contribution in [0.1, 0.15) is 51.0 Å². The van der Waals surface area contributed by atoms with Gasteiger partial charge in [0.15, 0.2) is 6.10 Å². The van der Waals surface area contributed by atoms with Crippen molar-refractivity contribution >= 4 is 17.8 Å². The van der Waals surface area contributed by atoms with E-state index in [1.807, 2.05) is 37.3 Å². The second-order valence-electron chi connectivity index (χ2n) is 9.53. The van der Waals surface area contributed by atoms with Gasteiger partial charge in [0.1, 0.15) is 5.69 Å². The van der Waals surface area contributed by atoms with Crippen LogP contribution in [0.5, 0.6) is 0 Å². The Morgan fingerprint density at radius 1 is 0.900 bits per heavy atom. The van der Waals surface area contributed by atoms with Gasteiger partial charge in [0.25, 0.3) is 5.91 Å². The minimum absolute atomic E-state index is 0.131. The highest BCUT2D eigenvalue weighted by atomic mass is 16.4. The second-order valence-corrected chi connectivity index (χ2v) is 9.53. The van der Waals surface area contributed by atoms with Crippen molar-refractivity contribution in [3.63, 3.8) is 0 Å². The minimum atomic E-state index is -1.79. The Balaban J connectivity index is 1.54. The number of hydrogen-bond donors (Lipinski definition) is 4. The Labute approximate surface area is 231 Å². The molecule has 4 aromatic rings. The van der Waals surface area contributed by atoms with Crippen LogP contribution >= 0.6 is 0 Å². The summed E-state index contributed by atoms with van der Waals surface area (Å²) in [4.78, 5) is 36.3. The molecule has 3 aromatic carbocycles. The van der Waals surface area contributed by atoms with E-state index in [9.17, 15) is 29.7 Å². The van der Waals surface area contributed by atoms with Gasteiger partial charge in [0.2, 0.25) is 0 Å². The molecule has 2 atom stereocenters. The van der Waals surface area contributed by atoms with Gasteiger partial charge in [-0.3, -0.25) is 9.48 Å². The zero-order chi connectivity index (χ0) is 28.6. The number of amides is 1. The molecule has 0 aliphatic heterocycles. The maximum absolute atomic E-state index is 13.1. The molecule has 206 valence electrons. The summed E-state index contributed by atoms with van der Waals surface area (Å²) in [6.07, 6.45) is -0.146. The monoisotopic (exact) mass is 541 g/mol. The number of nitrogens with zero attached hydrogens (tertiary/aromatic N) is 2. The summed E-state index contributed by atoms with van der Waals surface area (Å²) >= 11 is 0. The lowest BCUT2D eigenvalue weighted by molar-refractivity contribution is -0.148. The first kappa shape index (κ1) is 28.3. The lowest BCUT2D eigenvalue weighted by atomic mass is 9.99. The van der Waals surface area contributed by atoms with E-state index in [1.54, 1.807) is 59.3 Å². The largest absolute Gasteiger partial charge is 0.479 e. The van der Waals surface area contributed by atoms with Crippen LogP contribution < -0.4 is 5.32 Å². The third kappa shape index (κ3) is 6.81. The van der Waals surface area contributed by atoms with E-state index in [0.717, 1.165) is 28.8 Å². The Kier molecular flexibility index (Phi) is 9.08. The number of carboxylic acid groups (broad SMARTS) is 2. The fourth-order valence-corrected chi connectivity index (χ4v) is 4.57. The van der Waals surface area contributed by atoms with Gasteiger partial charge < -0.3 is 20.6 Å². The number of carbonyl (C=O) groups is 3. The van der Waals surface area contributed by atoms with Crippen LogP contribution in [0.15, 0.2) is 84.9 Å². The van der Waals surface area contributed by atoms with Crippen LogP contribution in [0.25, 0.3) is 11.1 Å². The molecule has 1 aromatic heterocycles. The maximum atomic E-state index is 13.1. The number of benzene rings is 3. The number of carboxylic acids is 2. The third-order valence-corrected chi connectivity index (χ3v) is 6.61. The van der Waals surface area contributed by atoms with Crippen LogP contribution in [-0.4, -0.2) is 55.1 Å². The number of hydrogen-bond acceptors (Lipinski definition) is 5. The molecule has 4 N–H and O–H groups in total. The highest BCUT2D eigenvalue weighted by molar-refractivity contribution is 5.96. The zero-order valence-corrected chi connectivity index (χ0v) is 22.0. The Hall–Kier alpha value is -4.76. The van der Waals surface area contributed by atoms with Crippen LogP contribution in [0.2, 0.25) is 0 Å². The molecule has 0 saturated carbocycles. The number of rotatable bonds is 12. The predicted octanol–water partition coefficient (Wildman–Crippen LogP) is 4.04. The average molecular weight is 542 g/mol. The summed E-state index contributed by atoms with van der Waals surface area (Å²) < 4.78 is 1.73. The fourth-order valence-electron chi connectivity index (χ4n) is 4.57. The Morgan fingerprint density at radius 3 is 2.23 bits per heavy atom. The van der Waals surface area contributed by atoms with E-state index in [4.69, 9.17) is 0 Å². The van der Waals surface area contributed by atoms with E-state index in [2.05, 4.69) is 10.4 Å². The van der Waals surface area contributed by atoms with Crippen molar-refractivity contribution in [1.29, 1.82) is 0 Å². The number of aliphatic hydroxyl groups is 1. The standard InChI is InChI=1S/C31H31N3O6/c1-2-8-23-18-27(29(36)32-26(28(35)31(39)40)17-20-9-4-3-5-10-20)33-34(23)19-21-13-15-22(16-14-21)24-11-6-7-12-25(24)30(37)38/h3-7,9-16,18,26,28,35H,2,8,17,19H2,1H3,(H,32,36)(H,37,38)(H,39,40). The Morgan fingerprint density at radius 2 is 1.57 bits per heavy atom. The maximum Gasteiger partial charge on any atom is 0.336 e. The van der Waals surface area contributed by atoms with Gasteiger partial charge in [0, 0.05) is 5.69 Å². The number of aryl methyl sites for hydroxylation is 1. The molecule has 1 heterocycles. The van der Waals surface area contributed by atoms with Gasteiger partial charge in [-0.05, 0) is 47.2 Å². The second kappa shape index (κ2) is 12.9. The van der Waals surface area contributed by atoms with Crippen molar-refractivity contribution < 1.29 is 29.7 Å². The van der Waals surface area contributed by atoms with Crippen LogP contribution in [0.3, 0.4) is 0 Å². The van der Waals surface area contributed by atoms with E-state index in [0.29, 0.717) is 18.5 Å². The molecule has 0 saturated heterocycles. The molecule has 1 amide bonds. The molecule has 40 heavy (non-hydrogen) atoms. The van der Waals surface area contributed by atoms with Crippen molar-refractivity contribution in [3.05, 3.63) is 113 Å². The van der Waals surface area contributed by atoms with Gasteiger partial charge in [0.05, 0.1) is 18.2 Å². The van der Waals surface area contributed by atoms with Gasteiger partial charge in [-0.15, -0.1) is 0 Å². The summed E-state index contributed by atoms with van der Waals surface area (Å²) in [5.41, 5.74) is 4.28. The molecule has 0 bridgehead atoms. The molecule has 0 aliphatic carbocycles. The van der Waals surface area contributed by atoms with E-state index >= 15 is 0 Å². The SMILES string of the molecule is CCCc1cc(C(=O)NC(Cc2ccccc2)C(O)C(=O)O)nn1Cc1ccc(-c2ccccc2C(=O)O)cc1. The third-order valence-electron chi connectivity index (χ3n) is 6.61. The summed E-state index contributed by atoms with van der Waals surface area (Å²) in [6, 6.07) is 24.0. The van der Waals surface area contributed by atoms with Gasteiger partial charge in [-0.1, -0.05) is 86.1 Å². The normalized spacial score (nSPS) is 12.4. The number of aromatic nitrogens is 2. The molecule has 0 aliphatic rings. The number of aliphatic carboxylic acids is 1. The van der Waals surface area contributed by atoms with Crippen molar-refractivity contribution in [2.24, 2.45) is 0 Å². The molecular weight excluding hydrogens is 510 g/mol. The molecule has 0 radical (unpaired) electrons. The number of carbonyl (C=O) groups excluding carboxylic acids is 1. The van der Waals surface area contributed by atoms with Gasteiger partial charge in [-0.25, -0.2) is 9.59 Å². The summed E-state index contributed by atoms with van der Waals surface area (Å²) in [5, 5.41) is 36.3. The number of nitrogens with one attached hydrogen (secondary N) is 1. The number of aliphatic hydroxyl groups excluding tert-OH is 1. The summed E-state index contributed by atoms with van der Waals surface area (Å²) in [5.74, 6) is -2.99. The smallest absolute Gasteiger partial charge is 0.336 e. The lowest BCUT2D eigenvalue weighted by Crippen LogP contribution is -2.48. The first-order valence-corrected chi connectivity index (χ1v) is 13.0. The first-order chi connectivity index (χ1) is 19.3. The topological polar surface area (TPSA) is 142 Å². The summed E-state index contributed by atoms with van der Waals surface area (Å²) in [6.45, 7) is 2.40. The first-order valence-electron chi connectivity index (χ1n) is 13.0. The molecule has 9 heteroatoms. The zero-order valence-electron chi connectivity index (χ0n) is 22.0. The molecule has 0 fully saturated rings. The van der Waals surface area contributed by atoms with Gasteiger partial charge >= 0.3 is 11.9 Å². The highest BCUT2D eigenvalue weighted by Crippen LogP contribution is 2.24. The van der Waals surface area contributed by atoms with Crippen LogP contribution in [-0.2, 0) is 24.2 Å². The molecule has 4 rings (SSSR count). The number of aromatic carboxylic acids is 1. The van der Waals surface area contributed by atoms with Gasteiger partial charge in [-0.2, -0.15) is 5.10 Å². The van der Waals surface area contributed by atoms with Crippen molar-refractivity contribution in [2.45, 2.75) is 44.9 Å². The average Bonchev–Trinajstić information content (AvgIpc) is 3.35. The minimum Gasteiger partial charge on any atom is -0.479 e. The van der Waals surface area contributed by atoms with Crippen molar-refractivity contribution in [2.75, 3.05) is 0 Å². The Bertz CT molecular complexity index is 1480. The van der Waals surface area contributed by atoms with Crippen molar-refractivity contribution in [1.82, 2.24) is 15.1 Å². The molecule has 9 nitrogen and oxygen atoms in total. The summed E-state index contributed by atoms with van der Waals surface area (Å²) in [7, 11) is 0. The molecular formula is C31H31N3O6. The quantitative estimate of drug-likeness (QED) is 0.212. The van der Waals surface area contributed by atoms with E-state index in [-0.39, 0.29) is 17.7 Å². The van der Waals surface area contributed by atoms with Crippen molar-refractivity contribution in [3.8, 4) is 11.1 Å². The van der Waals surface area contributed by atoms with E-state index < -0.39 is 30.0 Å². The van der Waals surface area contributed by atoms with E-state index in [1.165, 1.54) is 0 Å². The predicted molar refractivity (Wildman–Crippen MR) is 149 cm³/mol. The van der Waals surface area contributed by atoms with Crippen LogP contribution in [0.4, 0.5) is 0 Å². The molecule has 2 unspecified atom stereocenters. The van der Waals surface area contributed by atoms with Crippen LogP contribution in [0, 0.1) is 0 Å². The fraction of sp³-hybridized carbons (Fsp3) is 0.226. The lowest BCUT2D eigenvalue weighted by Gasteiger charge is -2.21. The highest BCUT2D eigenvalue weighted by Gasteiger charge is 2.29.